The highest BCUT2D eigenvalue weighted by molar-refractivity contribution is 5.99. The third kappa shape index (κ3) is 4.21. The molecule has 3 aromatic rings. The molecule has 1 saturated heterocycles. The number of benzene rings is 3. The van der Waals surface area contributed by atoms with E-state index in [4.69, 9.17) is 0 Å². The summed E-state index contributed by atoms with van der Waals surface area (Å²) in [6.07, 6.45) is 2.46. The maximum Gasteiger partial charge on any atom is 0.253 e. The first-order valence-corrected chi connectivity index (χ1v) is 11.5. The van der Waals surface area contributed by atoms with E-state index < -0.39 is 0 Å². The first-order valence-electron chi connectivity index (χ1n) is 11.5. The van der Waals surface area contributed by atoms with Crippen molar-refractivity contribution in [3.63, 3.8) is 0 Å². The number of nitrogens with zero attached hydrogens (tertiary/aromatic N) is 2. The first-order chi connectivity index (χ1) is 16.0. The minimum absolute atomic E-state index is 0.0221. The summed E-state index contributed by atoms with van der Waals surface area (Å²) in [4.78, 5) is 41.4. The molecule has 0 aromatic heterocycles. The fourth-order valence-corrected chi connectivity index (χ4v) is 4.92. The number of nitrogens with one attached hydrogen (secondary N) is 1. The normalized spacial score (nSPS) is 17.7. The van der Waals surface area contributed by atoms with Crippen molar-refractivity contribution in [1.82, 2.24) is 10.2 Å². The number of piperidine rings is 1. The fourth-order valence-electron chi connectivity index (χ4n) is 4.92. The molecule has 3 amide bonds. The average molecular weight is 442 g/mol. The molecule has 5 rings (SSSR count). The lowest BCUT2D eigenvalue weighted by molar-refractivity contribution is -0.116. The van der Waals surface area contributed by atoms with Gasteiger partial charge in [-0.15, -0.1) is 0 Å². The second kappa shape index (κ2) is 8.70. The van der Waals surface area contributed by atoms with Crippen LogP contribution in [0.1, 0.15) is 46.0 Å². The number of anilines is 1. The van der Waals surface area contributed by atoms with E-state index in [1.54, 1.807) is 17.9 Å². The van der Waals surface area contributed by atoms with Gasteiger partial charge in [-0.2, -0.15) is 0 Å². The number of fused-ring (bicyclic) bond motifs is 2. The Kier molecular flexibility index (Phi) is 5.58. The smallest absolute Gasteiger partial charge is 0.253 e. The highest BCUT2D eigenvalue weighted by atomic mass is 16.2. The van der Waals surface area contributed by atoms with E-state index in [1.165, 1.54) is 0 Å². The number of likely N-dealkylation sites (tertiary alicyclic amines) is 1. The third-order valence-electron chi connectivity index (χ3n) is 6.66. The van der Waals surface area contributed by atoms with E-state index >= 15 is 0 Å². The highest BCUT2D eigenvalue weighted by Crippen LogP contribution is 2.29. The van der Waals surface area contributed by atoms with Gasteiger partial charge in [0.05, 0.1) is 0 Å². The van der Waals surface area contributed by atoms with Gasteiger partial charge in [0.1, 0.15) is 0 Å². The number of rotatable bonds is 3. The summed E-state index contributed by atoms with van der Waals surface area (Å²) in [5.41, 5.74) is 3.21. The second-order valence-corrected chi connectivity index (χ2v) is 8.89. The first kappa shape index (κ1) is 21.2. The van der Waals surface area contributed by atoms with Crippen LogP contribution < -0.4 is 10.2 Å². The van der Waals surface area contributed by atoms with E-state index in [-0.39, 0.29) is 23.8 Å². The maximum atomic E-state index is 13.2. The maximum absolute atomic E-state index is 13.2. The molecular weight excluding hydrogens is 414 g/mol. The van der Waals surface area contributed by atoms with Gasteiger partial charge in [0.25, 0.3) is 11.8 Å². The van der Waals surface area contributed by atoms with Gasteiger partial charge in [0.15, 0.2) is 0 Å². The van der Waals surface area contributed by atoms with Crippen LogP contribution in [0.5, 0.6) is 0 Å². The van der Waals surface area contributed by atoms with Crippen LogP contribution in [-0.4, -0.2) is 48.3 Å². The largest absolute Gasteiger partial charge is 0.348 e. The Hall–Kier alpha value is -3.67. The third-order valence-corrected chi connectivity index (χ3v) is 6.66. The van der Waals surface area contributed by atoms with Crippen molar-refractivity contribution in [2.45, 2.75) is 32.2 Å². The Balaban J connectivity index is 1.26. The molecule has 3 aromatic carbocycles. The van der Waals surface area contributed by atoms with Crippen molar-refractivity contribution in [1.29, 1.82) is 0 Å². The van der Waals surface area contributed by atoms with Crippen molar-refractivity contribution in [3.8, 4) is 0 Å². The molecule has 0 spiro atoms. The topological polar surface area (TPSA) is 69.7 Å². The molecule has 1 unspecified atom stereocenters. The molecule has 2 aliphatic rings. The SMILES string of the molecule is CC(=O)N1CCc2cc(C(=O)N3CCCC(NC(=O)c4ccc5ccccc5c4)C3)ccc21. The molecule has 2 aliphatic heterocycles. The number of hydrogen-bond donors (Lipinski definition) is 1. The Morgan fingerprint density at radius 1 is 0.909 bits per heavy atom. The molecule has 6 heteroatoms. The Morgan fingerprint density at radius 3 is 2.52 bits per heavy atom. The van der Waals surface area contributed by atoms with Gasteiger partial charge in [-0.3, -0.25) is 14.4 Å². The van der Waals surface area contributed by atoms with Gasteiger partial charge in [-0.05, 0) is 65.9 Å². The monoisotopic (exact) mass is 441 g/mol. The summed E-state index contributed by atoms with van der Waals surface area (Å²) < 4.78 is 0. The van der Waals surface area contributed by atoms with Crippen LogP contribution in [0.25, 0.3) is 10.8 Å². The van der Waals surface area contributed by atoms with Gasteiger partial charge in [-0.1, -0.05) is 30.3 Å². The number of hydrogen-bond acceptors (Lipinski definition) is 3. The van der Waals surface area contributed by atoms with Gasteiger partial charge >= 0.3 is 0 Å². The summed E-state index contributed by atoms with van der Waals surface area (Å²) in [5.74, 6) is -0.112. The molecule has 6 nitrogen and oxygen atoms in total. The van der Waals surface area contributed by atoms with Crippen LogP contribution in [0.3, 0.4) is 0 Å². The fraction of sp³-hybridized carbons (Fsp3) is 0.296. The van der Waals surface area contributed by atoms with Crippen molar-refractivity contribution < 1.29 is 14.4 Å². The van der Waals surface area contributed by atoms with E-state index in [1.807, 2.05) is 59.5 Å². The Morgan fingerprint density at radius 2 is 1.70 bits per heavy atom. The molecule has 168 valence electrons. The van der Waals surface area contributed by atoms with E-state index in [0.717, 1.165) is 41.3 Å². The zero-order valence-electron chi connectivity index (χ0n) is 18.7. The van der Waals surface area contributed by atoms with Crippen molar-refractivity contribution in [2.24, 2.45) is 0 Å². The van der Waals surface area contributed by atoms with Crippen molar-refractivity contribution in [3.05, 3.63) is 77.4 Å². The summed E-state index contributed by atoms with van der Waals surface area (Å²) >= 11 is 0. The molecule has 0 aliphatic carbocycles. The van der Waals surface area contributed by atoms with Crippen LogP contribution in [0.2, 0.25) is 0 Å². The lowest BCUT2D eigenvalue weighted by Crippen LogP contribution is -2.49. The molecule has 0 radical (unpaired) electrons. The zero-order chi connectivity index (χ0) is 22.9. The molecule has 33 heavy (non-hydrogen) atoms. The lowest BCUT2D eigenvalue weighted by Gasteiger charge is -2.33. The average Bonchev–Trinajstić information content (AvgIpc) is 3.27. The molecule has 0 bridgehead atoms. The van der Waals surface area contributed by atoms with Gasteiger partial charge in [0.2, 0.25) is 5.91 Å². The Labute approximate surface area is 193 Å². The number of carbonyl (C=O) groups excluding carboxylic acids is 3. The Bertz CT molecular complexity index is 1250. The highest BCUT2D eigenvalue weighted by Gasteiger charge is 2.28. The van der Waals surface area contributed by atoms with E-state index in [9.17, 15) is 14.4 Å². The molecule has 0 saturated carbocycles. The van der Waals surface area contributed by atoms with Crippen molar-refractivity contribution >= 4 is 34.2 Å². The molecule has 2 heterocycles. The minimum Gasteiger partial charge on any atom is -0.348 e. The molecule has 1 fully saturated rings. The number of carbonyl (C=O) groups is 3. The lowest BCUT2D eigenvalue weighted by atomic mass is 10.0. The van der Waals surface area contributed by atoms with Gasteiger partial charge in [0, 0.05) is 49.4 Å². The van der Waals surface area contributed by atoms with Gasteiger partial charge in [-0.25, -0.2) is 0 Å². The summed E-state index contributed by atoms with van der Waals surface area (Å²) in [7, 11) is 0. The predicted molar refractivity (Wildman–Crippen MR) is 129 cm³/mol. The molecule has 1 N–H and O–H groups in total. The second-order valence-electron chi connectivity index (χ2n) is 8.89. The van der Waals surface area contributed by atoms with Crippen molar-refractivity contribution in [2.75, 3.05) is 24.5 Å². The van der Waals surface area contributed by atoms with Crippen LogP contribution in [0, 0.1) is 0 Å². The quantitative estimate of drug-likeness (QED) is 0.673. The number of amides is 3. The molecule has 1 atom stereocenters. The zero-order valence-corrected chi connectivity index (χ0v) is 18.7. The van der Waals surface area contributed by atoms with E-state index in [2.05, 4.69) is 5.32 Å². The predicted octanol–water partition coefficient (Wildman–Crippen LogP) is 3.78. The van der Waals surface area contributed by atoms with Crippen LogP contribution in [0.4, 0.5) is 5.69 Å². The summed E-state index contributed by atoms with van der Waals surface area (Å²) in [6, 6.07) is 19.2. The van der Waals surface area contributed by atoms with Crippen LogP contribution in [-0.2, 0) is 11.2 Å². The van der Waals surface area contributed by atoms with Gasteiger partial charge < -0.3 is 15.1 Å². The van der Waals surface area contributed by atoms with Crippen LogP contribution >= 0.6 is 0 Å². The van der Waals surface area contributed by atoms with E-state index in [0.29, 0.717) is 30.8 Å². The molecular formula is C27H27N3O3. The minimum atomic E-state index is -0.109. The standard InChI is InChI=1S/C27H27N3O3/c1-18(31)30-14-12-21-16-23(10-11-25(21)30)27(33)29-13-4-7-24(17-29)28-26(32)22-9-8-19-5-2-3-6-20(19)15-22/h2-3,5-6,8-11,15-16,24H,4,7,12-14,17H2,1H3,(H,28,32). The summed E-state index contributed by atoms with van der Waals surface area (Å²) in [6.45, 7) is 3.40. The summed E-state index contributed by atoms with van der Waals surface area (Å²) in [5, 5.41) is 5.25. The van der Waals surface area contributed by atoms with Crippen LogP contribution in [0.15, 0.2) is 60.7 Å².